The molecule has 190 valence electrons. The lowest BCUT2D eigenvalue weighted by atomic mass is 10.2. The molecule has 4 aromatic rings. The fourth-order valence-corrected chi connectivity index (χ4v) is 5.34. The Morgan fingerprint density at radius 3 is 2.43 bits per heavy atom. The lowest BCUT2D eigenvalue weighted by molar-refractivity contribution is -0.116. The Morgan fingerprint density at radius 1 is 1.00 bits per heavy atom. The Labute approximate surface area is 220 Å². The Balaban J connectivity index is 1.59. The summed E-state index contributed by atoms with van der Waals surface area (Å²) in [4.78, 5) is 32.0. The van der Waals surface area contributed by atoms with Crippen molar-refractivity contribution < 1.29 is 13.2 Å². The quantitative estimate of drug-likeness (QED) is 0.343. The molecule has 0 saturated heterocycles. The van der Waals surface area contributed by atoms with Crippen LogP contribution in [0.2, 0.25) is 5.02 Å². The number of anilines is 1. The van der Waals surface area contributed by atoms with Crippen molar-refractivity contribution in [3.05, 3.63) is 111 Å². The maximum atomic E-state index is 13.5. The fourth-order valence-electron chi connectivity index (χ4n) is 3.74. The van der Waals surface area contributed by atoms with Gasteiger partial charge in [0.25, 0.3) is 5.56 Å². The van der Waals surface area contributed by atoms with Crippen molar-refractivity contribution in [2.24, 2.45) is 0 Å². The Kier molecular flexibility index (Phi) is 7.87. The summed E-state index contributed by atoms with van der Waals surface area (Å²) in [5.74, 6) is -0.161. The molecule has 0 unspecified atom stereocenters. The molecular weight excluding hydrogens is 512 g/mol. The van der Waals surface area contributed by atoms with Crippen LogP contribution in [0.5, 0.6) is 0 Å². The molecule has 1 heterocycles. The summed E-state index contributed by atoms with van der Waals surface area (Å²) in [5, 5.41) is 3.22. The maximum Gasteiger partial charge on any atom is 0.251 e. The van der Waals surface area contributed by atoms with Gasteiger partial charge in [0.2, 0.25) is 15.9 Å². The predicted molar refractivity (Wildman–Crippen MR) is 144 cm³/mol. The van der Waals surface area contributed by atoms with Gasteiger partial charge in [0.05, 0.1) is 11.4 Å². The SMILES string of the molecule is Cc1ccc(S(=O)(=O)N(CC(=O)Nc2cccc(-c3nc(C)cc(=O)[nH]3)c2)Cc2cccc(Cl)c2)cc1. The third-order valence-electron chi connectivity index (χ3n) is 5.52. The molecular formula is C27H25ClN4O4S. The van der Waals surface area contributed by atoms with Gasteiger partial charge in [-0.15, -0.1) is 0 Å². The summed E-state index contributed by atoms with van der Waals surface area (Å²) >= 11 is 6.10. The minimum Gasteiger partial charge on any atom is -0.325 e. The van der Waals surface area contributed by atoms with E-state index >= 15 is 0 Å². The second kappa shape index (κ2) is 11.1. The van der Waals surface area contributed by atoms with Gasteiger partial charge >= 0.3 is 0 Å². The zero-order valence-corrected chi connectivity index (χ0v) is 21.8. The van der Waals surface area contributed by atoms with Gasteiger partial charge < -0.3 is 10.3 Å². The van der Waals surface area contributed by atoms with Gasteiger partial charge in [-0.2, -0.15) is 4.31 Å². The van der Waals surface area contributed by atoms with Crippen molar-refractivity contribution in [1.82, 2.24) is 14.3 Å². The number of aryl methyl sites for hydroxylation is 2. The highest BCUT2D eigenvalue weighted by Gasteiger charge is 2.27. The van der Waals surface area contributed by atoms with E-state index in [2.05, 4.69) is 15.3 Å². The van der Waals surface area contributed by atoms with Crippen LogP contribution in [0, 0.1) is 13.8 Å². The van der Waals surface area contributed by atoms with Gasteiger partial charge in [0, 0.05) is 34.6 Å². The second-order valence-corrected chi connectivity index (χ2v) is 11.0. The van der Waals surface area contributed by atoms with Gasteiger partial charge in [0.15, 0.2) is 0 Å². The Bertz CT molecular complexity index is 1600. The number of carbonyl (C=O) groups is 1. The minimum atomic E-state index is -4.00. The lowest BCUT2D eigenvalue weighted by Gasteiger charge is -2.22. The summed E-state index contributed by atoms with van der Waals surface area (Å²) in [5.41, 5.74) is 2.87. The number of carbonyl (C=O) groups excluding carboxylic acids is 1. The largest absolute Gasteiger partial charge is 0.325 e. The molecule has 4 rings (SSSR count). The molecule has 0 atom stereocenters. The number of halogens is 1. The van der Waals surface area contributed by atoms with E-state index in [0.717, 1.165) is 9.87 Å². The molecule has 37 heavy (non-hydrogen) atoms. The van der Waals surface area contributed by atoms with E-state index in [1.807, 2.05) is 6.92 Å². The average Bonchev–Trinajstić information content (AvgIpc) is 2.83. The van der Waals surface area contributed by atoms with Crippen LogP contribution < -0.4 is 10.9 Å². The smallest absolute Gasteiger partial charge is 0.251 e. The van der Waals surface area contributed by atoms with E-state index < -0.39 is 22.5 Å². The zero-order chi connectivity index (χ0) is 26.6. The maximum absolute atomic E-state index is 13.5. The average molecular weight is 537 g/mol. The zero-order valence-electron chi connectivity index (χ0n) is 20.2. The van der Waals surface area contributed by atoms with E-state index in [4.69, 9.17) is 11.6 Å². The number of nitrogens with one attached hydrogen (secondary N) is 2. The number of aromatic nitrogens is 2. The molecule has 0 fully saturated rings. The van der Waals surface area contributed by atoms with Crippen LogP contribution in [0.1, 0.15) is 16.8 Å². The van der Waals surface area contributed by atoms with Crippen LogP contribution in [0.25, 0.3) is 11.4 Å². The van der Waals surface area contributed by atoms with E-state index in [-0.39, 0.29) is 17.0 Å². The van der Waals surface area contributed by atoms with Crippen LogP contribution in [-0.4, -0.2) is 35.1 Å². The molecule has 1 amide bonds. The van der Waals surface area contributed by atoms with Crippen LogP contribution in [-0.2, 0) is 21.4 Å². The van der Waals surface area contributed by atoms with Gasteiger partial charge in [0.1, 0.15) is 5.82 Å². The monoisotopic (exact) mass is 536 g/mol. The van der Waals surface area contributed by atoms with Crippen molar-refractivity contribution >= 4 is 33.2 Å². The highest BCUT2D eigenvalue weighted by atomic mass is 35.5. The third kappa shape index (κ3) is 6.71. The predicted octanol–water partition coefficient (Wildman–Crippen LogP) is 4.54. The van der Waals surface area contributed by atoms with Crippen molar-refractivity contribution in [2.45, 2.75) is 25.3 Å². The number of nitrogens with zero attached hydrogens (tertiary/aromatic N) is 2. The number of benzene rings is 3. The molecule has 0 aliphatic rings. The van der Waals surface area contributed by atoms with E-state index in [1.54, 1.807) is 67.6 Å². The highest BCUT2D eigenvalue weighted by Crippen LogP contribution is 2.22. The van der Waals surface area contributed by atoms with Crippen molar-refractivity contribution in [1.29, 1.82) is 0 Å². The number of rotatable bonds is 8. The van der Waals surface area contributed by atoms with E-state index in [1.165, 1.54) is 18.2 Å². The van der Waals surface area contributed by atoms with Crippen molar-refractivity contribution in [3.8, 4) is 11.4 Å². The molecule has 2 N–H and O–H groups in total. The summed E-state index contributed by atoms with van der Waals surface area (Å²) in [7, 11) is -4.00. The molecule has 1 aromatic heterocycles. The fraction of sp³-hybridized carbons (Fsp3) is 0.148. The Hall–Kier alpha value is -3.79. The van der Waals surface area contributed by atoms with Crippen molar-refractivity contribution in [2.75, 3.05) is 11.9 Å². The first-order valence-corrected chi connectivity index (χ1v) is 13.2. The highest BCUT2D eigenvalue weighted by molar-refractivity contribution is 7.89. The molecule has 0 aliphatic carbocycles. The number of amides is 1. The van der Waals surface area contributed by atoms with Gasteiger partial charge in [-0.25, -0.2) is 13.4 Å². The Morgan fingerprint density at radius 2 is 1.73 bits per heavy atom. The molecule has 10 heteroatoms. The molecule has 0 radical (unpaired) electrons. The third-order valence-corrected chi connectivity index (χ3v) is 7.56. The molecule has 0 aliphatic heterocycles. The lowest BCUT2D eigenvalue weighted by Crippen LogP contribution is -2.37. The molecule has 3 aromatic carbocycles. The summed E-state index contributed by atoms with van der Waals surface area (Å²) in [6.45, 7) is 3.11. The molecule has 8 nitrogen and oxygen atoms in total. The van der Waals surface area contributed by atoms with Gasteiger partial charge in [-0.1, -0.05) is 53.6 Å². The number of aromatic amines is 1. The summed E-state index contributed by atoms with van der Waals surface area (Å²) in [6, 6.07) is 21.5. The van der Waals surface area contributed by atoms with E-state index in [0.29, 0.717) is 33.4 Å². The first-order valence-electron chi connectivity index (χ1n) is 11.4. The van der Waals surface area contributed by atoms with Crippen molar-refractivity contribution in [3.63, 3.8) is 0 Å². The number of H-pyrrole nitrogens is 1. The van der Waals surface area contributed by atoms with Crippen LogP contribution in [0.3, 0.4) is 0 Å². The van der Waals surface area contributed by atoms with E-state index in [9.17, 15) is 18.0 Å². The molecule has 0 saturated carbocycles. The first-order chi connectivity index (χ1) is 17.6. The minimum absolute atomic E-state index is 0.0430. The normalized spacial score (nSPS) is 11.5. The number of hydrogen-bond acceptors (Lipinski definition) is 5. The van der Waals surface area contributed by atoms with Gasteiger partial charge in [-0.3, -0.25) is 9.59 Å². The standard InChI is InChI=1S/C27H25ClN4O4S/c1-18-9-11-24(12-10-18)37(35,36)32(16-20-5-3-7-22(28)14-20)17-26(34)30-23-8-4-6-21(15-23)27-29-19(2)13-25(33)31-27/h3-15H,16-17H2,1-2H3,(H,30,34)(H,29,31,33). The summed E-state index contributed by atoms with van der Waals surface area (Å²) < 4.78 is 28.1. The topological polar surface area (TPSA) is 112 Å². The second-order valence-electron chi connectivity index (χ2n) is 8.58. The summed E-state index contributed by atoms with van der Waals surface area (Å²) in [6.07, 6.45) is 0. The van der Waals surface area contributed by atoms with Crippen LogP contribution >= 0.6 is 11.6 Å². The number of sulfonamides is 1. The van der Waals surface area contributed by atoms with Crippen LogP contribution in [0.15, 0.2) is 88.6 Å². The first kappa shape index (κ1) is 26.3. The van der Waals surface area contributed by atoms with Crippen LogP contribution in [0.4, 0.5) is 5.69 Å². The van der Waals surface area contributed by atoms with Gasteiger partial charge in [-0.05, 0) is 55.8 Å². The molecule has 0 bridgehead atoms. The number of hydrogen-bond donors (Lipinski definition) is 2. The molecule has 0 spiro atoms.